The molecule has 0 saturated carbocycles. The van der Waals surface area contributed by atoms with Gasteiger partial charge in [-0.3, -0.25) is 4.79 Å². The molecular weight excluding hydrogens is 427 g/mol. The van der Waals surface area contributed by atoms with Crippen LogP contribution >= 0.6 is 34.5 Å². The van der Waals surface area contributed by atoms with E-state index in [1.807, 2.05) is 36.4 Å². The van der Waals surface area contributed by atoms with Crippen molar-refractivity contribution < 1.29 is 4.79 Å². The van der Waals surface area contributed by atoms with Crippen molar-refractivity contribution in [1.29, 1.82) is 0 Å². The number of aromatic nitrogens is 2. The number of carbonyl (C=O) groups is 1. The van der Waals surface area contributed by atoms with Crippen LogP contribution < -0.4 is 10.6 Å². The van der Waals surface area contributed by atoms with Crippen molar-refractivity contribution in [3.8, 4) is 0 Å². The number of thiophene rings is 1. The van der Waals surface area contributed by atoms with Crippen LogP contribution in [-0.2, 0) is 4.79 Å². The SMILES string of the molecule is O=C(/C=C/c1ccccc1)Nc1cc2c(Nc3cc(Cl)cc(Cl)c3)ncnc2s1. The molecule has 5 nitrogen and oxygen atoms in total. The zero-order valence-corrected chi connectivity index (χ0v) is 17.2. The predicted molar refractivity (Wildman–Crippen MR) is 121 cm³/mol. The lowest BCUT2D eigenvalue weighted by Crippen LogP contribution is -2.05. The minimum absolute atomic E-state index is 0.218. The standard InChI is InChI=1S/C21H14Cl2N4OS/c22-14-8-15(23)10-16(9-14)26-20-17-11-19(29-21(17)25-12-24-20)27-18(28)7-6-13-4-2-1-3-5-13/h1-12H,(H,27,28)(H,24,25,26)/b7-6+. The Kier molecular flexibility index (Phi) is 5.76. The van der Waals surface area contributed by atoms with Crippen molar-refractivity contribution in [2.45, 2.75) is 0 Å². The number of nitrogens with zero attached hydrogens (tertiary/aromatic N) is 2. The highest BCUT2D eigenvalue weighted by Crippen LogP contribution is 2.34. The van der Waals surface area contributed by atoms with Gasteiger partial charge in [0.2, 0.25) is 5.91 Å². The lowest BCUT2D eigenvalue weighted by molar-refractivity contribution is -0.111. The third-order valence-corrected chi connectivity index (χ3v) is 5.32. The van der Waals surface area contributed by atoms with Crippen LogP contribution in [0.1, 0.15) is 5.56 Å². The molecule has 4 rings (SSSR count). The van der Waals surface area contributed by atoms with Gasteiger partial charge in [-0.1, -0.05) is 64.9 Å². The third kappa shape index (κ3) is 4.92. The van der Waals surface area contributed by atoms with E-state index in [1.54, 1.807) is 24.3 Å². The van der Waals surface area contributed by atoms with Gasteiger partial charge in [0, 0.05) is 21.8 Å². The number of anilines is 3. The highest BCUT2D eigenvalue weighted by atomic mass is 35.5. The van der Waals surface area contributed by atoms with Crippen LogP contribution in [0, 0.1) is 0 Å². The molecule has 0 aliphatic heterocycles. The summed E-state index contributed by atoms with van der Waals surface area (Å²) in [5.41, 5.74) is 1.67. The summed E-state index contributed by atoms with van der Waals surface area (Å²) in [6, 6.07) is 16.6. The summed E-state index contributed by atoms with van der Waals surface area (Å²) >= 11 is 13.5. The molecule has 29 heavy (non-hydrogen) atoms. The molecule has 0 unspecified atom stereocenters. The molecule has 2 aromatic carbocycles. The average Bonchev–Trinajstić information content (AvgIpc) is 3.10. The van der Waals surface area contributed by atoms with Crippen LogP contribution in [0.25, 0.3) is 16.3 Å². The number of halogens is 2. The fourth-order valence-corrected chi connectivity index (χ4v) is 4.11. The molecule has 0 radical (unpaired) electrons. The number of benzene rings is 2. The highest BCUT2D eigenvalue weighted by molar-refractivity contribution is 7.22. The van der Waals surface area contributed by atoms with Crippen LogP contribution in [0.15, 0.2) is 67.0 Å². The molecule has 0 fully saturated rings. The van der Waals surface area contributed by atoms with E-state index in [2.05, 4.69) is 20.6 Å². The maximum absolute atomic E-state index is 12.2. The quantitative estimate of drug-likeness (QED) is 0.352. The van der Waals surface area contributed by atoms with Crippen LogP contribution in [0.2, 0.25) is 10.0 Å². The van der Waals surface area contributed by atoms with E-state index in [0.717, 1.165) is 15.8 Å². The Morgan fingerprint density at radius 3 is 2.52 bits per heavy atom. The largest absolute Gasteiger partial charge is 0.340 e. The van der Waals surface area contributed by atoms with Gasteiger partial charge in [0.1, 0.15) is 17.0 Å². The second-order valence-corrected chi connectivity index (χ2v) is 7.97. The molecule has 0 saturated heterocycles. The molecule has 0 atom stereocenters. The van der Waals surface area contributed by atoms with E-state index in [4.69, 9.17) is 23.2 Å². The van der Waals surface area contributed by atoms with Crippen molar-refractivity contribution in [2.75, 3.05) is 10.6 Å². The molecule has 4 aromatic rings. The molecule has 2 N–H and O–H groups in total. The predicted octanol–water partition coefficient (Wildman–Crippen LogP) is 6.39. The van der Waals surface area contributed by atoms with E-state index in [0.29, 0.717) is 26.6 Å². The Labute approximate surface area is 181 Å². The first-order valence-electron chi connectivity index (χ1n) is 8.58. The average molecular weight is 441 g/mol. The van der Waals surface area contributed by atoms with Gasteiger partial charge in [-0.2, -0.15) is 0 Å². The summed E-state index contributed by atoms with van der Waals surface area (Å²) in [5, 5.41) is 8.58. The zero-order chi connectivity index (χ0) is 20.2. The topological polar surface area (TPSA) is 66.9 Å². The van der Waals surface area contributed by atoms with Crippen LogP contribution in [0.4, 0.5) is 16.5 Å². The molecule has 1 amide bonds. The van der Waals surface area contributed by atoms with Crippen molar-refractivity contribution in [1.82, 2.24) is 9.97 Å². The molecule has 2 aromatic heterocycles. The van der Waals surface area contributed by atoms with Crippen LogP contribution in [-0.4, -0.2) is 15.9 Å². The number of hydrogen-bond donors (Lipinski definition) is 2. The maximum Gasteiger partial charge on any atom is 0.248 e. The molecule has 0 aliphatic rings. The fourth-order valence-electron chi connectivity index (χ4n) is 2.68. The van der Waals surface area contributed by atoms with Gasteiger partial charge in [0.15, 0.2) is 0 Å². The van der Waals surface area contributed by atoms with Gasteiger partial charge < -0.3 is 10.6 Å². The van der Waals surface area contributed by atoms with E-state index >= 15 is 0 Å². The summed E-state index contributed by atoms with van der Waals surface area (Å²) in [4.78, 5) is 21.6. The Balaban J connectivity index is 1.54. The Morgan fingerprint density at radius 1 is 1.00 bits per heavy atom. The molecule has 0 bridgehead atoms. The van der Waals surface area contributed by atoms with E-state index in [-0.39, 0.29) is 5.91 Å². The number of rotatable bonds is 5. The smallest absolute Gasteiger partial charge is 0.248 e. The number of hydrogen-bond acceptors (Lipinski definition) is 5. The van der Waals surface area contributed by atoms with E-state index < -0.39 is 0 Å². The lowest BCUT2D eigenvalue weighted by Gasteiger charge is -2.07. The third-order valence-electron chi connectivity index (χ3n) is 3.93. The lowest BCUT2D eigenvalue weighted by atomic mass is 10.2. The van der Waals surface area contributed by atoms with Gasteiger partial charge in [-0.15, -0.1) is 0 Å². The van der Waals surface area contributed by atoms with Gasteiger partial charge >= 0.3 is 0 Å². The van der Waals surface area contributed by atoms with Crippen molar-refractivity contribution in [3.63, 3.8) is 0 Å². The van der Waals surface area contributed by atoms with Gasteiger partial charge in [0.05, 0.1) is 10.4 Å². The monoisotopic (exact) mass is 440 g/mol. The van der Waals surface area contributed by atoms with E-state index in [1.165, 1.54) is 23.7 Å². The summed E-state index contributed by atoms with van der Waals surface area (Å²) in [7, 11) is 0. The number of amides is 1. The zero-order valence-electron chi connectivity index (χ0n) is 14.9. The van der Waals surface area contributed by atoms with Crippen molar-refractivity contribution in [2.24, 2.45) is 0 Å². The molecule has 0 spiro atoms. The molecule has 8 heteroatoms. The second-order valence-electron chi connectivity index (χ2n) is 6.07. The summed E-state index contributed by atoms with van der Waals surface area (Å²) < 4.78 is 0. The summed E-state index contributed by atoms with van der Waals surface area (Å²) in [5.74, 6) is 0.384. The molecule has 2 heterocycles. The van der Waals surface area contributed by atoms with Gasteiger partial charge in [-0.25, -0.2) is 9.97 Å². The van der Waals surface area contributed by atoms with Gasteiger partial charge in [-0.05, 0) is 35.9 Å². The number of carbonyl (C=O) groups excluding carboxylic acids is 1. The van der Waals surface area contributed by atoms with Crippen molar-refractivity contribution in [3.05, 3.63) is 82.6 Å². The van der Waals surface area contributed by atoms with Gasteiger partial charge in [0.25, 0.3) is 0 Å². The number of nitrogens with one attached hydrogen (secondary N) is 2. The highest BCUT2D eigenvalue weighted by Gasteiger charge is 2.11. The molecular formula is C21H14Cl2N4OS. The minimum atomic E-state index is -0.218. The maximum atomic E-state index is 12.2. The van der Waals surface area contributed by atoms with Crippen molar-refractivity contribution >= 4 is 73.2 Å². The first-order valence-corrected chi connectivity index (χ1v) is 10.2. The molecule has 144 valence electrons. The van der Waals surface area contributed by atoms with Crippen LogP contribution in [0.3, 0.4) is 0 Å². The number of fused-ring (bicyclic) bond motifs is 1. The summed E-state index contributed by atoms with van der Waals surface area (Å²) in [6.45, 7) is 0. The first-order chi connectivity index (χ1) is 14.1. The Morgan fingerprint density at radius 2 is 1.76 bits per heavy atom. The Bertz CT molecular complexity index is 1190. The summed E-state index contributed by atoms with van der Waals surface area (Å²) in [6.07, 6.45) is 4.73. The van der Waals surface area contributed by atoms with Crippen LogP contribution in [0.5, 0.6) is 0 Å². The minimum Gasteiger partial charge on any atom is -0.340 e. The molecule has 0 aliphatic carbocycles. The van der Waals surface area contributed by atoms with E-state index in [9.17, 15) is 4.79 Å². The normalized spacial score (nSPS) is 11.1. The second kappa shape index (κ2) is 8.61. The first kappa shape index (κ1) is 19.4. The fraction of sp³-hybridized carbons (Fsp3) is 0. The Hall–Kier alpha value is -2.93.